The summed E-state index contributed by atoms with van der Waals surface area (Å²) in [6, 6.07) is 15.7. The lowest BCUT2D eigenvalue weighted by atomic mass is 9.91. The number of rotatable bonds is 5. The highest BCUT2D eigenvalue weighted by atomic mass is 16.5. The molecule has 0 saturated carbocycles. The number of ether oxygens (including phenoxy) is 1. The van der Waals surface area contributed by atoms with Crippen LogP contribution in [0.25, 0.3) is 0 Å². The average molecular weight is 408 g/mol. The molecule has 4 rings (SSSR count). The van der Waals surface area contributed by atoms with Crippen molar-refractivity contribution in [2.75, 3.05) is 51.3 Å². The second-order valence-electron chi connectivity index (χ2n) is 8.01. The predicted molar refractivity (Wildman–Crippen MR) is 116 cm³/mol. The van der Waals surface area contributed by atoms with Crippen molar-refractivity contribution in [2.24, 2.45) is 0 Å². The first-order valence-electron chi connectivity index (χ1n) is 10.5. The van der Waals surface area contributed by atoms with Crippen molar-refractivity contribution in [3.63, 3.8) is 0 Å². The van der Waals surface area contributed by atoms with Crippen molar-refractivity contribution in [3.8, 4) is 0 Å². The minimum atomic E-state index is -0.567. The Bertz CT molecular complexity index is 921. The number of piperazine rings is 1. The Morgan fingerprint density at radius 1 is 1.07 bits per heavy atom. The number of benzene rings is 2. The molecule has 2 aromatic carbocycles. The molecule has 0 aliphatic carbocycles. The van der Waals surface area contributed by atoms with Crippen molar-refractivity contribution in [3.05, 3.63) is 65.2 Å². The van der Waals surface area contributed by atoms with Crippen LogP contribution in [0.15, 0.2) is 48.5 Å². The highest BCUT2D eigenvalue weighted by molar-refractivity contribution is 5.92. The van der Waals surface area contributed by atoms with Crippen molar-refractivity contribution in [1.82, 2.24) is 9.80 Å². The number of hydrogen-bond acceptors (Lipinski definition) is 4. The minimum Gasteiger partial charge on any atom is -0.383 e. The maximum absolute atomic E-state index is 13.6. The number of amides is 2. The first kappa shape index (κ1) is 20.4. The van der Waals surface area contributed by atoms with Gasteiger partial charge in [-0.1, -0.05) is 36.4 Å². The fraction of sp³-hybridized carbons (Fsp3) is 0.417. The Kier molecular flexibility index (Phi) is 6.04. The normalized spacial score (nSPS) is 19.1. The van der Waals surface area contributed by atoms with E-state index < -0.39 is 6.04 Å². The third-order valence-corrected chi connectivity index (χ3v) is 6.05. The average Bonchev–Trinajstić information content (AvgIpc) is 2.77. The van der Waals surface area contributed by atoms with E-state index in [1.165, 1.54) is 11.3 Å². The second-order valence-corrected chi connectivity index (χ2v) is 8.01. The van der Waals surface area contributed by atoms with E-state index in [9.17, 15) is 9.59 Å². The van der Waals surface area contributed by atoms with Gasteiger partial charge < -0.3 is 19.4 Å². The van der Waals surface area contributed by atoms with Gasteiger partial charge in [-0.3, -0.25) is 9.59 Å². The molecule has 0 N–H and O–H groups in total. The van der Waals surface area contributed by atoms with Gasteiger partial charge in [0.15, 0.2) is 0 Å². The molecule has 2 aliphatic rings. The van der Waals surface area contributed by atoms with Gasteiger partial charge in [-0.2, -0.15) is 0 Å². The molecule has 0 aromatic heterocycles. The Morgan fingerprint density at radius 3 is 2.57 bits per heavy atom. The quantitative estimate of drug-likeness (QED) is 0.764. The maximum Gasteiger partial charge on any atom is 0.250 e. The fourth-order valence-electron chi connectivity index (χ4n) is 4.43. The zero-order chi connectivity index (χ0) is 21.1. The van der Waals surface area contributed by atoms with Crippen LogP contribution < -0.4 is 4.90 Å². The summed E-state index contributed by atoms with van der Waals surface area (Å²) in [5.74, 6) is -0.00186. The lowest BCUT2D eigenvalue weighted by Crippen LogP contribution is -2.54. The van der Waals surface area contributed by atoms with E-state index in [1.807, 2.05) is 29.2 Å². The van der Waals surface area contributed by atoms with Gasteiger partial charge in [-0.05, 0) is 35.7 Å². The third-order valence-electron chi connectivity index (χ3n) is 6.05. The van der Waals surface area contributed by atoms with E-state index in [4.69, 9.17) is 4.74 Å². The smallest absolute Gasteiger partial charge is 0.250 e. The first-order chi connectivity index (χ1) is 14.6. The Labute approximate surface area is 178 Å². The van der Waals surface area contributed by atoms with Gasteiger partial charge in [0.25, 0.3) is 0 Å². The van der Waals surface area contributed by atoms with Crippen molar-refractivity contribution >= 4 is 17.5 Å². The van der Waals surface area contributed by atoms with Gasteiger partial charge in [0.05, 0.1) is 13.0 Å². The number of aryl methyl sites for hydroxylation is 1. The van der Waals surface area contributed by atoms with E-state index in [0.717, 1.165) is 24.2 Å². The van der Waals surface area contributed by atoms with Gasteiger partial charge in [0, 0.05) is 45.5 Å². The summed E-state index contributed by atoms with van der Waals surface area (Å²) in [5.41, 5.74) is 4.33. The summed E-state index contributed by atoms with van der Waals surface area (Å²) in [5, 5.41) is 0. The van der Waals surface area contributed by atoms with Gasteiger partial charge in [-0.15, -0.1) is 0 Å². The summed E-state index contributed by atoms with van der Waals surface area (Å²) < 4.78 is 5.20. The standard InChI is InChI=1S/C24H29N3O3/c1-18-6-5-8-20(16-18)25-10-12-26(13-11-25)24(29)23-21-9-4-3-7-19(21)17-22(28)27(23)14-15-30-2/h3-9,16,23H,10-15,17H2,1-2H3/t23-/m1/s1. The molecule has 1 saturated heterocycles. The molecule has 1 fully saturated rings. The summed E-state index contributed by atoms with van der Waals surface area (Å²) in [6.07, 6.45) is 0.338. The topological polar surface area (TPSA) is 53.1 Å². The predicted octanol–water partition coefficient (Wildman–Crippen LogP) is 2.42. The zero-order valence-corrected chi connectivity index (χ0v) is 17.7. The second kappa shape index (κ2) is 8.88. The van der Waals surface area contributed by atoms with Crippen LogP contribution in [0.3, 0.4) is 0 Å². The van der Waals surface area contributed by atoms with Crippen LogP contribution in [0.1, 0.15) is 22.7 Å². The summed E-state index contributed by atoms with van der Waals surface area (Å²) >= 11 is 0. The molecule has 2 aliphatic heterocycles. The lowest BCUT2D eigenvalue weighted by molar-refractivity contribution is -0.147. The van der Waals surface area contributed by atoms with Crippen LogP contribution in [0.2, 0.25) is 0 Å². The largest absolute Gasteiger partial charge is 0.383 e. The van der Waals surface area contributed by atoms with E-state index in [0.29, 0.717) is 32.7 Å². The number of methoxy groups -OCH3 is 1. The molecule has 30 heavy (non-hydrogen) atoms. The summed E-state index contributed by atoms with van der Waals surface area (Å²) in [7, 11) is 1.61. The highest BCUT2D eigenvalue weighted by Gasteiger charge is 2.39. The van der Waals surface area contributed by atoms with Gasteiger partial charge >= 0.3 is 0 Å². The van der Waals surface area contributed by atoms with E-state index in [2.05, 4.69) is 36.1 Å². The maximum atomic E-state index is 13.6. The van der Waals surface area contributed by atoms with Crippen molar-refractivity contribution in [1.29, 1.82) is 0 Å². The SMILES string of the molecule is COCCN1C(=O)Cc2ccccc2[C@@H]1C(=O)N1CCN(c2cccc(C)c2)CC1. The fourth-order valence-corrected chi connectivity index (χ4v) is 4.43. The molecule has 0 radical (unpaired) electrons. The van der Waals surface area contributed by atoms with E-state index in [1.54, 1.807) is 12.0 Å². The minimum absolute atomic E-state index is 0.00972. The molecular formula is C24H29N3O3. The lowest BCUT2D eigenvalue weighted by Gasteiger charge is -2.42. The van der Waals surface area contributed by atoms with E-state index in [-0.39, 0.29) is 11.8 Å². The molecule has 158 valence electrons. The number of fused-ring (bicyclic) bond motifs is 1. The highest BCUT2D eigenvalue weighted by Crippen LogP contribution is 2.32. The van der Waals surface area contributed by atoms with Crippen LogP contribution in [-0.4, -0.2) is 68.1 Å². The molecule has 6 nitrogen and oxygen atoms in total. The molecule has 0 bridgehead atoms. The van der Waals surface area contributed by atoms with E-state index >= 15 is 0 Å². The van der Waals surface area contributed by atoms with Gasteiger partial charge in [0.2, 0.25) is 11.8 Å². The Balaban J connectivity index is 1.53. The first-order valence-corrected chi connectivity index (χ1v) is 10.5. The molecule has 2 aromatic rings. The molecule has 6 heteroatoms. The van der Waals surface area contributed by atoms with Crippen LogP contribution in [0.5, 0.6) is 0 Å². The molecule has 2 heterocycles. The Morgan fingerprint density at radius 2 is 1.83 bits per heavy atom. The summed E-state index contributed by atoms with van der Waals surface area (Å²) in [4.78, 5) is 32.3. The number of carbonyl (C=O) groups is 2. The van der Waals surface area contributed by atoms with Crippen LogP contribution >= 0.6 is 0 Å². The molecule has 2 amide bonds. The van der Waals surface area contributed by atoms with Gasteiger partial charge in [-0.25, -0.2) is 0 Å². The number of hydrogen-bond donors (Lipinski definition) is 0. The van der Waals surface area contributed by atoms with Gasteiger partial charge in [0.1, 0.15) is 6.04 Å². The molecular weight excluding hydrogens is 378 g/mol. The number of anilines is 1. The Hall–Kier alpha value is -2.86. The number of carbonyl (C=O) groups excluding carboxylic acids is 2. The molecule has 0 unspecified atom stereocenters. The van der Waals surface area contributed by atoms with Crippen LogP contribution in [0.4, 0.5) is 5.69 Å². The molecule has 0 spiro atoms. The van der Waals surface area contributed by atoms with Crippen molar-refractivity contribution < 1.29 is 14.3 Å². The number of nitrogens with zero attached hydrogens (tertiary/aromatic N) is 3. The molecule has 1 atom stereocenters. The van der Waals surface area contributed by atoms with Crippen LogP contribution in [0, 0.1) is 6.92 Å². The third kappa shape index (κ3) is 4.05. The zero-order valence-electron chi connectivity index (χ0n) is 17.7. The summed E-state index contributed by atoms with van der Waals surface area (Å²) in [6.45, 7) is 5.80. The monoisotopic (exact) mass is 407 g/mol. The van der Waals surface area contributed by atoms with Crippen molar-refractivity contribution in [2.45, 2.75) is 19.4 Å². The van der Waals surface area contributed by atoms with Crippen LogP contribution in [-0.2, 0) is 20.7 Å².